The number of carbonyl (C=O) groups is 1. The SMILES string of the molecule is O=C(O)C(F)(F)F.c1c2c(cc(C3CC3)c1C1CCOCC1)CNC2. The fraction of sp³-hybridized carbons (Fsp3) is 0.611. The van der Waals surface area contributed by atoms with E-state index >= 15 is 0 Å². The molecule has 1 aromatic rings. The third-order valence-corrected chi connectivity index (χ3v) is 4.96. The quantitative estimate of drug-likeness (QED) is 0.847. The van der Waals surface area contributed by atoms with Gasteiger partial charge < -0.3 is 15.2 Å². The zero-order valence-electron chi connectivity index (χ0n) is 13.9. The maximum absolute atomic E-state index is 10.6. The first-order valence-corrected chi connectivity index (χ1v) is 8.60. The number of halogens is 3. The normalized spacial score (nSPS) is 20.6. The van der Waals surface area contributed by atoms with Crippen LogP contribution in [0.2, 0.25) is 0 Å². The third-order valence-electron chi connectivity index (χ3n) is 4.96. The monoisotopic (exact) mass is 357 g/mol. The molecule has 1 saturated heterocycles. The summed E-state index contributed by atoms with van der Waals surface area (Å²) in [6.45, 7) is 4.04. The molecule has 0 amide bonds. The Morgan fingerprint density at radius 3 is 1.84 bits per heavy atom. The van der Waals surface area contributed by atoms with Crippen LogP contribution >= 0.6 is 0 Å². The molecule has 0 aromatic heterocycles. The van der Waals surface area contributed by atoms with Crippen molar-refractivity contribution in [2.24, 2.45) is 0 Å². The number of fused-ring (bicyclic) bond motifs is 1. The van der Waals surface area contributed by atoms with Crippen molar-refractivity contribution in [1.29, 1.82) is 0 Å². The Morgan fingerprint density at radius 2 is 1.44 bits per heavy atom. The topological polar surface area (TPSA) is 58.6 Å². The van der Waals surface area contributed by atoms with Gasteiger partial charge in [0, 0.05) is 26.3 Å². The highest BCUT2D eigenvalue weighted by Crippen LogP contribution is 2.46. The molecule has 0 radical (unpaired) electrons. The van der Waals surface area contributed by atoms with Gasteiger partial charge in [0.1, 0.15) is 0 Å². The van der Waals surface area contributed by atoms with Gasteiger partial charge in [-0.2, -0.15) is 13.2 Å². The maximum Gasteiger partial charge on any atom is 0.490 e. The number of carboxylic acids is 1. The van der Waals surface area contributed by atoms with Crippen molar-refractivity contribution in [1.82, 2.24) is 5.32 Å². The molecule has 1 saturated carbocycles. The summed E-state index contributed by atoms with van der Waals surface area (Å²) in [7, 11) is 0. The molecule has 0 unspecified atom stereocenters. The van der Waals surface area contributed by atoms with E-state index in [1.165, 1.54) is 25.7 Å². The zero-order valence-corrected chi connectivity index (χ0v) is 13.9. The van der Waals surface area contributed by atoms with E-state index in [2.05, 4.69) is 17.4 Å². The van der Waals surface area contributed by atoms with Crippen molar-refractivity contribution < 1.29 is 27.8 Å². The lowest BCUT2D eigenvalue weighted by Gasteiger charge is -2.25. The van der Waals surface area contributed by atoms with E-state index < -0.39 is 12.1 Å². The molecular formula is C18H22F3NO3. The minimum atomic E-state index is -5.08. The summed E-state index contributed by atoms with van der Waals surface area (Å²) in [5.74, 6) is -1.14. The van der Waals surface area contributed by atoms with Gasteiger partial charge in [0.25, 0.3) is 0 Å². The van der Waals surface area contributed by atoms with Gasteiger partial charge in [-0.25, -0.2) is 4.79 Å². The molecule has 2 N–H and O–H groups in total. The number of ether oxygens (including phenoxy) is 1. The van der Waals surface area contributed by atoms with Crippen LogP contribution in [-0.2, 0) is 22.6 Å². The van der Waals surface area contributed by atoms with Crippen molar-refractivity contribution in [2.45, 2.75) is 56.8 Å². The van der Waals surface area contributed by atoms with Gasteiger partial charge in [-0.3, -0.25) is 0 Å². The number of benzene rings is 1. The molecule has 0 spiro atoms. The Balaban J connectivity index is 0.000000225. The Hall–Kier alpha value is -1.60. The number of hydrogen-bond donors (Lipinski definition) is 2. The number of hydrogen-bond acceptors (Lipinski definition) is 3. The average molecular weight is 357 g/mol. The molecule has 138 valence electrons. The van der Waals surface area contributed by atoms with E-state index in [0.717, 1.165) is 38.1 Å². The fourth-order valence-corrected chi connectivity index (χ4v) is 3.50. The van der Waals surface area contributed by atoms with Gasteiger partial charge >= 0.3 is 12.1 Å². The van der Waals surface area contributed by atoms with E-state index in [0.29, 0.717) is 0 Å². The minimum Gasteiger partial charge on any atom is -0.475 e. The molecule has 1 aliphatic carbocycles. The Labute approximate surface area is 144 Å². The summed E-state index contributed by atoms with van der Waals surface area (Å²) >= 11 is 0. The van der Waals surface area contributed by atoms with Crippen LogP contribution in [-0.4, -0.2) is 30.5 Å². The molecule has 0 bridgehead atoms. The Bertz CT molecular complexity index is 635. The predicted molar refractivity (Wildman–Crippen MR) is 85.4 cm³/mol. The first kappa shape index (κ1) is 18.2. The average Bonchev–Trinajstić information content (AvgIpc) is 3.32. The molecule has 2 aliphatic heterocycles. The van der Waals surface area contributed by atoms with Crippen LogP contribution in [0.3, 0.4) is 0 Å². The fourth-order valence-electron chi connectivity index (χ4n) is 3.50. The lowest BCUT2D eigenvalue weighted by molar-refractivity contribution is -0.192. The number of rotatable bonds is 2. The van der Waals surface area contributed by atoms with E-state index in [1.807, 2.05) is 0 Å². The van der Waals surface area contributed by atoms with Crippen LogP contribution in [0.1, 0.15) is 59.8 Å². The highest BCUT2D eigenvalue weighted by molar-refractivity contribution is 5.73. The van der Waals surface area contributed by atoms with E-state index in [9.17, 15) is 13.2 Å². The maximum atomic E-state index is 10.6. The predicted octanol–water partition coefficient (Wildman–Crippen LogP) is 3.69. The molecule has 2 fully saturated rings. The standard InChI is InChI=1S/C16H21NO.C2HF3O2/c1-2-11(1)15-7-13-9-17-10-14(13)8-16(15)12-3-5-18-6-4-12;3-2(4,5)1(6)7/h7-8,11-12,17H,1-6,9-10H2;(H,6,7). The summed E-state index contributed by atoms with van der Waals surface area (Å²) in [4.78, 5) is 8.90. The largest absolute Gasteiger partial charge is 0.490 e. The molecule has 25 heavy (non-hydrogen) atoms. The van der Waals surface area contributed by atoms with Crippen molar-refractivity contribution in [3.05, 3.63) is 34.4 Å². The molecule has 0 atom stereocenters. The van der Waals surface area contributed by atoms with Crippen molar-refractivity contribution in [2.75, 3.05) is 13.2 Å². The Kier molecular flexibility index (Phi) is 5.34. The van der Waals surface area contributed by atoms with Crippen molar-refractivity contribution in [3.8, 4) is 0 Å². The molecule has 7 heteroatoms. The van der Waals surface area contributed by atoms with Crippen LogP contribution < -0.4 is 5.32 Å². The summed E-state index contributed by atoms with van der Waals surface area (Å²) in [6, 6.07) is 5.02. The highest BCUT2D eigenvalue weighted by Gasteiger charge is 2.38. The molecule has 4 rings (SSSR count). The number of alkyl halides is 3. The first-order valence-electron chi connectivity index (χ1n) is 8.60. The lowest BCUT2D eigenvalue weighted by atomic mass is 9.84. The van der Waals surface area contributed by atoms with Gasteiger partial charge in [0.05, 0.1) is 0 Å². The van der Waals surface area contributed by atoms with Crippen molar-refractivity contribution in [3.63, 3.8) is 0 Å². The number of aliphatic carboxylic acids is 1. The van der Waals surface area contributed by atoms with Crippen LogP contribution in [0.4, 0.5) is 13.2 Å². The van der Waals surface area contributed by atoms with Gasteiger partial charge in [-0.1, -0.05) is 12.1 Å². The van der Waals surface area contributed by atoms with Crippen LogP contribution in [0, 0.1) is 0 Å². The second-order valence-corrected chi connectivity index (χ2v) is 6.82. The Morgan fingerprint density at radius 1 is 1.00 bits per heavy atom. The second kappa shape index (κ2) is 7.33. The molecule has 2 heterocycles. The van der Waals surface area contributed by atoms with Crippen molar-refractivity contribution >= 4 is 5.97 Å². The van der Waals surface area contributed by atoms with E-state index in [1.54, 1.807) is 22.3 Å². The van der Waals surface area contributed by atoms with Gasteiger partial charge in [-0.05, 0) is 59.8 Å². The smallest absolute Gasteiger partial charge is 0.475 e. The first-order chi connectivity index (χ1) is 11.9. The van der Waals surface area contributed by atoms with E-state index in [4.69, 9.17) is 14.6 Å². The number of carboxylic acid groups (broad SMARTS) is 1. The zero-order chi connectivity index (χ0) is 18.0. The minimum absolute atomic E-state index is 0.750. The van der Waals surface area contributed by atoms with Gasteiger partial charge in [-0.15, -0.1) is 0 Å². The third kappa shape index (κ3) is 4.52. The highest BCUT2D eigenvalue weighted by atomic mass is 19.4. The second-order valence-electron chi connectivity index (χ2n) is 6.82. The summed E-state index contributed by atoms with van der Waals surface area (Å²) in [5, 5.41) is 10.6. The summed E-state index contributed by atoms with van der Waals surface area (Å²) < 4.78 is 37.3. The molecule has 4 nitrogen and oxygen atoms in total. The van der Waals surface area contributed by atoms with Crippen LogP contribution in [0.25, 0.3) is 0 Å². The summed E-state index contributed by atoms with van der Waals surface area (Å²) in [6.07, 6.45) is 0.155. The van der Waals surface area contributed by atoms with Crippen LogP contribution in [0.15, 0.2) is 12.1 Å². The van der Waals surface area contributed by atoms with E-state index in [-0.39, 0.29) is 0 Å². The molecule has 3 aliphatic rings. The van der Waals surface area contributed by atoms with Crippen LogP contribution in [0.5, 0.6) is 0 Å². The van der Waals surface area contributed by atoms with Gasteiger partial charge in [0.15, 0.2) is 0 Å². The lowest BCUT2D eigenvalue weighted by Crippen LogP contribution is -2.21. The molecular weight excluding hydrogens is 335 g/mol. The molecule has 1 aromatic carbocycles. The number of nitrogens with one attached hydrogen (secondary N) is 1. The van der Waals surface area contributed by atoms with Gasteiger partial charge in [0.2, 0.25) is 0 Å². The summed E-state index contributed by atoms with van der Waals surface area (Å²) in [5.41, 5.74) is 6.42.